The van der Waals surface area contributed by atoms with E-state index >= 15 is 0 Å². The molecular weight excluding hydrogens is 314 g/mol. The molecule has 1 amide bonds. The maximum Gasteiger partial charge on any atom is 0.325 e. The molecule has 0 aliphatic rings. The topological polar surface area (TPSA) is 66.8 Å². The molecule has 0 saturated heterocycles. The molecule has 1 N–H and O–H groups in total. The van der Waals surface area contributed by atoms with E-state index in [-0.39, 0.29) is 24.2 Å². The smallest absolute Gasteiger partial charge is 0.325 e. The third-order valence-corrected chi connectivity index (χ3v) is 3.27. The lowest BCUT2D eigenvalue weighted by Gasteiger charge is -2.25. The number of ether oxygens (including phenoxy) is 1. The molecule has 1 aromatic rings. The zero-order valence-electron chi connectivity index (χ0n) is 11.0. The summed E-state index contributed by atoms with van der Waals surface area (Å²) in [5, 5.41) is 9.59. The highest BCUT2D eigenvalue weighted by Crippen LogP contribution is 2.25. The van der Waals surface area contributed by atoms with E-state index < -0.39 is 5.97 Å². The lowest BCUT2D eigenvalue weighted by atomic mass is 10.1. The van der Waals surface area contributed by atoms with Crippen molar-refractivity contribution in [2.75, 3.05) is 13.7 Å². The van der Waals surface area contributed by atoms with E-state index in [1.807, 2.05) is 0 Å². The second-order valence-corrected chi connectivity index (χ2v) is 5.12. The van der Waals surface area contributed by atoms with Gasteiger partial charge in [-0.25, -0.2) is 0 Å². The van der Waals surface area contributed by atoms with Crippen LogP contribution in [0.5, 0.6) is 5.75 Å². The highest BCUT2D eigenvalue weighted by atomic mass is 79.9. The first-order valence-electron chi connectivity index (χ1n) is 5.73. The number of carbonyl (C=O) groups excluding carboxylic acids is 2. The molecule has 5 nitrogen and oxygen atoms in total. The monoisotopic (exact) mass is 329 g/mol. The van der Waals surface area contributed by atoms with Crippen molar-refractivity contribution in [2.24, 2.45) is 0 Å². The van der Waals surface area contributed by atoms with E-state index in [1.54, 1.807) is 26.0 Å². The van der Waals surface area contributed by atoms with Gasteiger partial charge in [-0.1, -0.05) is 0 Å². The van der Waals surface area contributed by atoms with Crippen LogP contribution in [0, 0.1) is 0 Å². The van der Waals surface area contributed by atoms with Crippen LogP contribution >= 0.6 is 15.9 Å². The number of phenolic OH excluding ortho intramolecular Hbond substituents is 1. The summed E-state index contributed by atoms with van der Waals surface area (Å²) in [6, 6.07) is 4.37. The van der Waals surface area contributed by atoms with Gasteiger partial charge in [-0.05, 0) is 48.0 Å². The molecule has 0 heterocycles. The van der Waals surface area contributed by atoms with Crippen LogP contribution in [0.1, 0.15) is 24.2 Å². The minimum Gasteiger partial charge on any atom is -0.507 e. The maximum absolute atomic E-state index is 12.3. The normalized spacial score (nSPS) is 10.4. The first-order valence-corrected chi connectivity index (χ1v) is 6.52. The van der Waals surface area contributed by atoms with Gasteiger partial charge in [0.05, 0.1) is 11.6 Å². The summed E-state index contributed by atoms with van der Waals surface area (Å²) in [6.45, 7) is 3.49. The molecule has 0 bridgehead atoms. The van der Waals surface area contributed by atoms with Gasteiger partial charge in [0.15, 0.2) is 0 Å². The number of methoxy groups -OCH3 is 1. The Morgan fingerprint density at radius 3 is 2.53 bits per heavy atom. The largest absolute Gasteiger partial charge is 0.507 e. The Morgan fingerprint density at radius 2 is 2.05 bits per heavy atom. The van der Waals surface area contributed by atoms with Crippen LogP contribution in [0.3, 0.4) is 0 Å². The van der Waals surface area contributed by atoms with Crippen molar-refractivity contribution in [1.82, 2.24) is 4.90 Å². The molecule has 1 rings (SSSR count). The van der Waals surface area contributed by atoms with E-state index in [0.29, 0.717) is 10.0 Å². The fourth-order valence-electron chi connectivity index (χ4n) is 1.50. The van der Waals surface area contributed by atoms with Crippen LogP contribution in [0.15, 0.2) is 22.7 Å². The summed E-state index contributed by atoms with van der Waals surface area (Å²) in [5.41, 5.74) is 0.318. The number of halogens is 1. The van der Waals surface area contributed by atoms with E-state index in [0.717, 1.165) is 0 Å². The third kappa shape index (κ3) is 3.96. The SMILES string of the molecule is COC(=O)CN(C(=O)c1ccc(Br)c(O)c1)C(C)C. The van der Waals surface area contributed by atoms with Gasteiger partial charge in [-0.15, -0.1) is 0 Å². The van der Waals surface area contributed by atoms with Crippen molar-refractivity contribution >= 4 is 27.8 Å². The Balaban J connectivity index is 2.99. The Hall–Kier alpha value is -1.56. The Kier molecular flexibility index (Phi) is 5.35. The predicted octanol–water partition coefficient (Wildman–Crippen LogP) is 2.18. The number of amides is 1. The standard InChI is InChI=1S/C13H16BrNO4/c1-8(2)15(7-12(17)19-3)13(18)9-4-5-10(14)11(16)6-9/h4-6,8,16H,7H2,1-3H3. The fraction of sp³-hybridized carbons (Fsp3) is 0.385. The lowest BCUT2D eigenvalue weighted by Crippen LogP contribution is -2.41. The van der Waals surface area contributed by atoms with E-state index in [4.69, 9.17) is 0 Å². The number of hydrogen-bond acceptors (Lipinski definition) is 4. The van der Waals surface area contributed by atoms with Gasteiger partial charge in [0.1, 0.15) is 12.3 Å². The molecule has 0 aromatic heterocycles. The van der Waals surface area contributed by atoms with Crippen molar-refractivity contribution in [1.29, 1.82) is 0 Å². The molecule has 0 atom stereocenters. The summed E-state index contributed by atoms with van der Waals surface area (Å²) in [4.78, 5) is 25.0. The molecule has 0 fully saturated rings. The summed E-state index contributed by atoms with van der Waals surface area (Å²) in [5.74, 6) is -0.834. The number of hydrogen-bond donors (Lipinski definition) is 1. The molecular formula is C13H16BrNO4. The number of benzene rings is 1. The van der Waals surface area contributed by atoms with E-state index in [9.17, 15) is 14.7 Å². The van der Waals surface area contributed by atoms with Crippen LogP contribution in [0.25, 0.3) is 0 Å². The lowest BCUT2D eigenvalue weighted by molar-refractivity contribution is -0.141. The third-order valence-electron chi connectivity index (χ3n) is 2.60. The molecule has 0 spiro atoms. The van der Waals surface area contributed by atoms with Crippen LogP contribution in [-0.4, -0.2) is 41.6 Å². The molecule has 6 heteroatoms. The van der Waals surface area contributed by atoms with E-state index in [2.05, 4.69) is 20.7 Å². The molecule has 104 valence electrons. The maximum atomic E-state index is 12.3. The highest BCUT2D eigenvalue weighted by Gasteiger charge is 2.22. The van der Waals surface area contributed by atoms with Gasteiger partial charge >= 0.3 is 5.97 Å². The van der Waals surface area contributed by atoms with Gasteiger partial charge in [0, 0.05) is 11.6 Å². The van der Waals surface area contributed by atoms with Crippen molar-refractivity contribution < 1.29 is 19.4 Å². The quantitative estimate of drug-likeness (QED) is 0.860. The van der Waals surface area contributed by atoms with Crippen molar-refractivity contribution in [2.45, 2.75) is 19.9 Å². The highest BCUT2D eigenvalue weighted by molar-refractivity contribution is 9.10. The number of aromatic hydroxyl groups is 1. The Morgan fingerprint density at radius 1 is 1.42 bits per heavy atom. The minimum atomic E-state index is -0.483. The van der Waals surface area contributed by atoms with E-state index in [1.165, 1.54) is 18.1 Å². The summed E-state index contributed by atoms with van der Waals surface area (Å²) in [7, 11) is 1.27. The first kappa shape index (κ1) is 15.5. The molecule has 19 heavy (non-hydrogen) atoms. The Labute approximate surface area is 120 Å². The molecule has 0 saturated carbocycles. The average molecular weight is 330 g/mol. The van der Waals surface area contributed by atoms with Gasteiger partial charge in [0.2, 0.25) is 0 Å². The number of nitrogens with zero attached hydrogens (tertiary/aromatic N) is 1. The van der Waals surface area contributed by atoms with Crippen LogP contribution in [-0.2, 0) is 9.53 Å². The molecule has 0 unspecified atom stereocenters. The summed E-state index contributed by atoms with van der Waals surface area (Å²) in [6.07, 6.45) is 0. The number of carbonyl (C=O) groups is 2. The van der Waals surface area contributed by atoms with Gasteiger partial charge < -0.3 is 14.7 Å². The second-order valence-electron chi connectivity index (χ2n) is 4.27. The van der Waals surface area contributed by atoms with Crippen LogP contribution < -0.4 is 0 Å². The fourth-order valence-corrected chi connectivity index (χ4v) is 1.75. The Bertz CT molecular complexity index is 488. The zero-order valence-corrected chi connectivity index (χ0v) is 12.6. The summed E-state index contributed by atoms with van der Waals surface area (Å²) < 4.78 is 5.08. The average Bonchev–Trinajstić information content (AvgIpc) is 2.37. The van der Waals surface area contributed by atoms with Gasteiger partial charge in [-0.2, -0.15) is 0 Å². The summed E-state index contributed by atoms with van der Waals surface area (Å²) >= 11 is 3.15. The van der Waals surface area contributed by atoms with Crippen LogP contribution in [0.4, 0.5) is 0 Å². The molecule has 0 radical (unpaired) electrons. The van der Waals surface area contributed by atoms with Crippen LogP contribution in [0.2, 0.25) is 0 Å². The number of esters is 1. The molecule has 1 aromatic carbocycles. The second kappa shape index (κ2) is 6.56. The van der Waals surface area contributed by atoms with Crippen molar-refractivity contribution in [3.8, 4) is 5.75 Å². The molecule has 0 aliphatic heterocycles. The van der Waals surface area contributed by atoms with Crippen molar-refractivity contribution in [3.63, 3.8) is 0 Å². The van der Waals surface area contributed by atoms with Gasteiger partial charge in [-0.3, -0.25) is 9.59 Å². The van der Waals surface area contributed by atoms with Crippen molar-refractivity contribution in [3.05, 3.63) is 28.2 Å². The predicted molar refractivity (Wildman–Crippen MR) is 74.0 cm³/mol. The number of phenols is 1. The number of rotatable bonds is 4. The van der Waals surface area contributed by atoms with Gasteiger partial charge in [0.25, 0.3) is 5.91 Å². The molecule has 0 aliphatic carbocycles. The first-order chi connectivity index (χ1) is 8.86. The minimum absolute atomic E-state index is 0.0207. The zero-order chi connectivity index (χ0) is 14.6.